The minimum Gasteiger partial charge on any atom is -0.452 e. The number of aromatic nitrogens is 1. The van der Waals surface area contributed by atoms with Crippen molar-refractivity contribution in [3.05, 3.63) is 42.4 Å². The molecule has 2 rings (SSSR count). The number of hydrogen-bond acceptors (Lipinski definition) is 3. The number of hydrogen-bond donors (Lipinski definition) is 0. The molecule has 63 valence electrons. The maximum atomic E-state index is 10.2. The van der Waals surface area contributed by atoms with Gasteiger partial charge in [0.25, 0.3) is 6.29 Å². The Labute approximate surface area is 75.0 Å². The van der Waals surface area contributed by atoms with E-state index in [1.54, 1.807) is 30.8 Å². The van der Waals surface area contributed by atoms with E-state index in [1.807, 2.05) is 12.1 Å². The van der Waals surface area contributed by atoms with Crippen LogP contribution in [0.15, 0.2) is 41.1 Å². The van der Waals surface area contributed by atoms with E-state index in [4.69, 9.17) is 4.42 Å². The van der Waals surface area contributed by atoms with Crippen LogP contribution in [0.3, 0.4) is 0 Å². The fraction of sp³-hybridized carbons (Fsp3) is 0. The third-order valence-electron chi connectivity index (χ3n) is 1.65. The van der Waals surface area contributed by atoms with Crippen molar-refractivity contribution in [1.29, 1.82) is 0 Å². The minimum absolute atomic E-state index is 0.207. The van der Waals surface area contributed by atoms with Crippen molar-refractivity contribution in [1.82, 2.24) is 4.98 Å². The van der Waals surface area contributed by atoms with Gasteiger partial charge in [-0.2, -0.15) is 0 Å². The van der Waals surface area contributed by atoms with E-state index in [0.717, 1.165) is 5.56 Å². The maximum absolute atomic E-state index is 10.2. The molecule has 0 aliphatic rings. The van der Waals surface area contributed by atoms with E-state index in [0.29, 0.717) is 5.76 Å². The molecular weight excluding hydrogens is 166 g/mol. The second kappa shape index (κ2) is 3.23. The van der Waals surface area contributed by atoms with Crippen molar-refractivity contribution in [2.75, 3.05) is 0 Å². The third kappa shape index (κ3) is 1.49. The van der Waals surface area contributed by atoms with E-state index < -0.39 is 0 Å². The average Bonchev–Trinajstić information content (AvgIpc) is 2.67. The van der Waals surface area contributed by atoms with Crippen molar-refractivity contribution >= 4 is 6.29 Å². The summed E-state index contributed by atoms with van der Waals surface area (Å²) in [5.41, 5.74) is 0.851. The van der Waals surface area contributed by atoms with Gasteiger partial charge in [0.05, 0.1) is 0 Å². The Morgan fingerprint density at radius 2 is 2.23 bits per heavy atom. The lowest BCUT2D eigenvalue weighted by molar-refractivity contribution is 0.525. The van der Waals surface area contributed by atoms with E-state index in [2.05, 4.69) is 4.98 Å². The summed E-state index contributed by atoms with van der Waals surface area (Å²) >= 11 is 0. The predicted octanol–water partition coefficient (Wildman–Crippen LogP) is 1.80. The smallest absolute Gasteiger partial charge is 0.271 e. The number of carbonyl (C=O) groups excluding carboxylic acids is 1. The van der Waals surface area contributed by atoms with E-state index in [9.17, 15) is 4.79 Å². The quantitative estimate of drug-likeness (QED) is 0.693. The number of pyridine rings is 1. The molecule has 0 unspecified atom stereocenters. The van der Waals surface area contributed by atoms with Gasteiger partial charge in [-0.1, -0.05) is 0 Å². The Balaban J connectivity index is 2.41. The zero-order valence-electron chi connectivity index (χ0n) is 6.73. The molecule has 0 aromatic carbocycles. The maximum Gasteiger partial charge on any atom is 0.271 e. The van der Waals surface area contributed by atoms with Gasteiger partial charge in [0.2, 0.25) is 0 Å². The van der Waals surface area contributed by atoms with Gasteiger partial charge >= 0.3 is 0 Å². The second-order valence-corrected chi connectivity index (χ2v) is 2.51. The first kappa shape index (κ1) is 7.73. The Hall–Kier alpha value is -1.90. The lowest BCUT2D eigenvalue weighted by Crippen LogP contribution is -1.75. The summed E-state index contributed by atoms with van der Waals surface area (Å²) in [6.07, 6.45) is 5.03. The summed E-state index contributed by atoms with van der Waals surface area (Å²) in [4.78, 5) is 14.2. The molecule has 0 atom stereocenters. The van der Waals surface area contributed by atoms with Crippen LogP contribution in [0, 0.1) is 0 Å². The van der Waals surface area contributed by atoms with Crippen LogP contribution in [0.1, 0.15) is 5.76 Å². The van der Waals surface area contributed by atoms with Gasteiger partial charge in [0.15, 0.2) is 5.76 Å². The molecule has 3 nitrogen and oxygen atoms in total. The van der Waals surface area contributed by atoms with Crippen molar-refractivity contribution in [2.24, 2.45) is 0 Å². The number of rotatable bonds is 2. The van der Waals surface area contributed by atoms with Crippen LogP contribution < -0.4 is 0 Å². The zero-order valence-corrected chi connectivity index (χ0v) is 6.73. The lowest BCUT2D eigenvalue weighted by atomic mass is 10.2. The molecule has 3 heteroatoms. The van der Waals surface area contributed by atoms with Crippen LogP contribution in [0.2, 0.25) is 0 Å². The van der Waals surface area contributed by atoms with E-state index in [1.165, 1.54) is 0 Å². The van der Waals surface area contributed by atoms with E-state index in [-0.39, 0.29) is 5.76 Å². The van der Waals surface area contributed by atoms with Gasteiger partial charge < -0.3 is 4.42 Å². The van der Waals surface area contributed by atoms with Gasteiger partial charge in [-0.25, -0.2) is 0 Å². The van der Waals surface area contributed by atoms with E-state index >= 15 is 0 Å². The highest BCUT2D eigenvalue weighted by Gasteiger charge is 2.03. The van der Waals surface area contributed by atoms with Crippen LogP contribution in [0.5, 0.6) is 0 Å². The summed E-state index contributed by atoms with van der Waals surface area (Å²) in [6.45, 7) is 0. The van der Waals surface area contributed by atoms with Crippen molar-refractivity contribution < 1.29 is 9.21 Å². The van der Waals surface area contributed by atoms with Crippen LogP contribution in [-0.4, -0.2) is 11.3 Å². The Kier molecular flexibility index (Phi) is 1.92. The lowest BCUT2D eigenvalue weighted by Gasteiger charge is -1.92. The highest BCUT2D eigenvalue weighted by molar-refractivity contribution is 5.73. The fourth-order valence-electron chi connectivity index (χ4n) is 1.06. The molecule has 0 aliphatic carbocycles. The van der Waals surface area contributed by atoms with Crippen molar-refractivity contribution in [2.45, 2.75) is 0 Å². The first-order chi connectivity index (χ1) is 6.40. The fourth-order valence-corrected chi connectivity index (χ4v) is 1.06. The van der Waals surface area contributed by atoms with Gasteiger partial charge in [-0.3, -0.25) is 9.78 Å². The Bertz CT molecular complexity index is 406. The monoisotopic (exact) mass is 172 g/mol. The summed E-state index contributed by atoms with van der Waals surface area (Å²) in [6, 6.07) is 6.97. The zero-order chi connectivity index (χ0) is 9.10. The Morgan fingerprint density at radius 1 is 1.31 bits per heavy atom. The standard InChI is InChI=1S/C10H6NO2/c12-7-9-3-4-10(13-9)8-2-1-5-11-6-8/h1-6H. The summed E-state index contributed by atoms with van der Waals surface area (Å²) < 4.78 is 5.16. The minimum atomic E-state index is 0.207. The van der Waals surface area contributed by atoms with Crippen LogP contribution in [0.25, 0.3) is 11.3 Å². The molecule has 0 saturated heterocycles. The normalized spacial score (nSPS) is 9.85. The molecule has 1 radical (unpaired) electrons. The van der Waals surface area contributed by atoms with Crippen LogP contribution in [-0.2, 0) is 4.79 Å². The molecule has 0 spiro atoms. The SMILES string of the molecule is O=[C]c1ccc(-c2cccnc2)o1. The topological polar surface area (TPSA) is 43.1 Å². The second-order valence-electron chi connectivity index (χ2n) is 2.51. The molecule has 0 amide bonds. The highest BCUT2D eigenvalue weighted by atomic mass is 16.3. The van der Waals surface area contributed by atoms with Crippen LogP contribution >= 0.6 is 0 Å². The first-order valence-corrected chi connectivity index (χ1v) is 3.78. The molecule has 0 N–H and O–H groups in total. The van der Waals surface area contributed by atoms with Crippen molar-refractivity contribution in [3.63, 3.8) is 0 Å². The van der Waals surface area contributed by atoms with Gasteiger partial charge in [-0.15, -0.1) is 0 Å². The third-order valence-corrected chi connectivity index (χ3v) is 1.65. The molecule has 0 bridgehead atoms. The molecule has 2 aromatic rings. The molecule has 0 fully saturated rings. The molecule has 2 heterocycles. The van der Waals surface area contributed by atoms with Crippen molar-refractivity contribution in [3.8, 4) is 11.3 Å². The van der Waals surface area contributed by atoms with Gasteiger partial charge in [0.1, 0.15) is 5.76 Å². The summed E-state index contributed by atoms with van der Waals surface area (Å²) in [5.74, 6) is 0.838. The summed E-state index contributed by atoms with van der Waals surface area (Å²) in [5, 5.41) is 0. The number of furan rings is 1. The van der Waals surface area contributed by atoms with Gasteiger partial charge in [0, 0.05) is 18.0 Å². The Morgan fingerprint density at radius 3 is 2.85 bits per heavy atom. The molecule has 0 saturated carbocycles. The van der Waals surface area contributed by atoms with Crippen LogP contribution in [0.4, 0.5) is 0 Å². The summed E-state index contributed by atoms with van der Waals surface area (Å²) in [7, 11) is 0. The van der Waals surface area contributed by atoms with Gasteiger partial charge in [-0.05, 0) is 24.3 Å². The first-order valence-electron chi connectivity index (χ1n) is 3.78. The highest BCUT2D eigenvalue weighted by Crippen LogP contribution is 2.19. The molecule has 13 heavy (non-hydrogen) atoms. The number of nitrogens with zero attached hydrogens (tertiary/aromatic N) is 1. The molecular formula is C10H6NO2. The molecule has 0 aliphatic heterocycles. The average molecular weight is 172 g/mol. The molecule has 2 aromatic heterocycles. The largest absolute Gasteiger partial charge is 0.452 e. The predicted molar refractivity (Wildman–Crippen MR) is 46.7 cm³/mol.